The lowest BCUT2D eigenvalue weighted by Crippen LogP contribution is -1.98. The Labute approximate surface area is 123 Å². The normalized spacial score (nSPS) is 10.5. The fourth-order valence-electron chi connectivity index (χ4n) is 2.03. The van der Waals surface area contributed by atoms with Gasteiger partial charge in [0.05, 0.1) is 18.4 Å². The lowest BCUT2D eigenvalue weighted by molar-refractivity contribution is 0.401. The minimum absolute atomic E-state index is 0.0650. The standard InChI is InChI=1S/C13H8FN5OS/c1-20-12-10-11(16-6-17-12)19(13(21)18-10)8-2-3-9(14)7(4-8)5-15/h2-4,6H,1H3,(H,18,21). The van der Waals surface area contributed by atoms with Crippen molar-refractivity contribution in [3.63, 3.8) is 0 Å². The van der Waals surface area contributed by atoms with Gasteiger partial charge in [-0.3, -0.25) is 4.57 Å². The number of aromatic nitrogens is 4. The van der Waals surface area contributed by atoms with Crippen LogP contribution in [-0.2, 0) is 0 Å². The predicted molar refractivity (Wildman–Crippen MR) is 75.3 cm³/mol. The average molecular weight is 301 g/mol. The van der Waals surface area contributed by atoms with Crippen LogP contribution >= 0.6 is 12.2 Å². The quantitative estimate of drug-likeness (QED) is 0.736. The molecular formula is C13H8FN5OS. The number of benzene rings is 1. The zero-order valence-electron chi connectivity index (χ0n) is 10.8. The molecule has 0 amide bonds. The Kier molecular flexibility index (Phi) is 3.12. The molecule has 2 heterocycles. The molecule has 0 atom stereocenters. The van der Waals surface area contributed by atoms with Crippen LogP contribution in [0.25, 0.3) is 16.9 Å². The van der Waals surface area contributed by atoms with Crippen LogP contribution in [-0.4, -0.2) is 26.6 Å². The highest BCUT2D eigenvalue weighted by Crippen LogP contribution is 2.24. The van der Waals surface area contributed by atoms with E-state index in [1.54, 1.807) is 10.6 Å². The van der Waals surface area contributed by atoms with E-state index < -0.39 is 5.82 Å². The number of nitrogens with zero attached hydrogens (tertiary/aromatic N) is 4. The van der Waals surface area contributed by atoms with Crippen molar-refractivity contribution in [3.8, 4) is 17.6 Å². The largest absolute Gasteiger partial charge is 0.479 e. The highest BCUT2D eigenvalue weighted by molar-refractivity contribution is 7.71. The van der Waals surface area contributed by atoms with Gasteiger partial charge in [-0.2, -0.15) is 10.2 Å². The first-order valence-corrected chi connectivity index (χ1v) is 6.26. The average Bonchev–Trinajstić information content (AvgIpc) is 2.83. The number of rotatable bonds is 2. The van der Waals surface area contributed by atoms with Crippen LogP contribution in [0, 0.1) is 21.9 Å². The first kappa shape index (κ1) is 13.2. The van der Waals surface area contributed by atoms with Gasteiger partial charge in [-0.1, -0.05) is 0 Å². The van der Waals surface area contributed by atoms with Crippen LogP contribution in [0.1, 0.15) is 5.56 Å². The van der Waals surface area contributed by atoms with Crippen molar-refractivity contribution < 1.29 is 9.13 Å². The molecule has 0 fully saturated rings. The predicted octanol–water partition coefficient (Wildman–Crippen LogP) is 2.50. The van der Waals surface area contributed by atoms with Gasteiger partial charge in [0, 0.05) is 0 Å². The Morgan fingerprint density at radius 2 is 2.24 bits per heavy atom. The molecule has 21 heavy (non-hydrogen) atoms. The van der Waals surface area contributed by atoms with E-state index >= 15 is 0 Å². The lowest BCUT2D eigenvalue weighted by atomic mass is 10.2. The number of ether oxygens (including phenoxy) is 1. The number of fused-ring (bicyclic) bond motifs is 1. The van der Waals surface area contributed by atoms with Crippen LogP contribution in [0.5, 0.6) is 5.88 Å². The molecule has 0 saturated carbocycles. The van der Waals surface area contributed by atoms with E-state index in [1.165, 1.54) is 31.6 Å². The molecule has 3 rings (SSSR count). The number of nitriles is 1. The van der Waals surface area contributed by atoms with Crippen molar-refractivity contribution in [2.75, 3.05) is 7.11 Å². The van der Waals surface area contributed by atoms with Crippen molar-refractivity contribution in [1.82, 2.24) is 19.5 Å². The summed E-state index contributed by atoms with van der Waals surface area (Å²) in [6.07, 6.45) is 1.34. The molecule has 0 spiro atoms. The van der Waals surface area contributed by atoms with Gasteiger partial charge < -0.3 is 9.72 Å². The van der Waals surface area contributed by atoms with E-state index in [9.17, 15) is 4.39 Å². The summed E-state index contributed by atoms with van der Waals surface area (Å²) in [5.41, 5.74) is 1.49. The minimum Gasteiger partial charge on any atom is -0.479 e. The van der Waals surface area contributed by atoms with Gasteiger partial charge in [0.25, 0.3) is 0 Å². The molecule has 0 unspecified atom stereocenters. The maximum atomic E-state index is 13.4. The third kappa shape index (κ3) is 2.04. The molecule has 1 N–H and O–H groups in total. The molecule has 0 aliphatic heterocycles. The smallest absolute Gasteiger partial charge is 0.242 e. The molecule has 104 valence electrons. The molecule has 6 nitrogen and oxygen atoms in total. The van der Waals surface area contributed by atoms with Gasteiger partial charge in [0.1, 0.15) is 23.7 Å². The summed E-state index contributed by atoms with van der Waals surface area (Å²) in [4.78, 5) is 11.1. The second kappa shape index (κ2) is 4.96. The van der Waals surface area contributed by atoms with Crippen LogP contribution < -0.4 is 4.74 Å². The van der Waals surface area contributed by atoms with E-state index in [1.807, 2.05) is 0 Å². The Morgan fingerprint density at radius 3 is 2.95 bits per heavy atom. The maximum Gasteiger partial charge on any atom is 0.242 e. The molecule has 0 aliphatic rings. The van der Waals surface area contributed by atoms with Gasteiger partial charge in [-0.15, -0.1) is 0 Å². The first-order valence-electron chi connectivity index (χ1n) is 5.85. The third-order valence-electron chi connectivity index (χ3n) is 2.96. The number of H-pyrrole nitrogens is 1. The van der Waals surface area contributed by atoms with Gasteiger partial charge in [0.15, 0.2) is 10.4 Å². The summed E-state index contributed by atoms with van der Waals surface area (Å²) in [5, 5.41) is 8.93. The van der Waals surface area contributed by atoms with Crippen LogP contribution in [0.15, 0.2) is 24.5 Å². The Morgan fingerprint density at radius 1 is 1.43 bits per heavy atom. The van der Waals surface area contributed by atoms with Crippen molar-refractivity contribution in [2.45, 2.75) is 0 Å². The summed E-state index contributed by atoms with van der Waals surface area (Å²) in [5.74, 6) is -0.229. The number of methoxy groups -OCH3 is 1. The van der Waals surface area contributed by atoms with Crippen molar-refractivity contribution in [3.05, 3.63) is 40.7 Å². The molecule has 3 aromatic rings. The maximum absolute atomic E-state index is 13.4. The Balaban J connectivity index is 2.34. The van der Waals surface area contributed by atoms with Crippen LogP contribution in [0.3, 0.4) is 0 Å². The van der Waals surface area contributed by atoms with E-state index in [0.717, 1.165) is 0 Å². The highest BCUT2D eigenvalue weighted by atomic mass is 32.1. The third-order valence-corrected chi connectivity index (χ3v) is 3.25. The van der Waals surface area contributed by atoms with Crippen molar-refractivity contribution in [1.29, 1.82) is 5.26 Å². The van der Waals surface area contributed by atoms with Crippen molar-refractivity contribution >= 4 is 23.4 Å². The van der Waals surface area contributed by atoms with Crippen LogP contribution in [0.2, 0.25) is 0 Å². The van der Waals surface area contributed by atoms with Crippen molar-refractivity contribution in [2.24, 2.45) is 0 Å². The van der Waals surface area contributed by atoms with E-state index in [4.69, 9.17) is 22.2 Å². The first-order chi connectivity index (χ1) is 10.2. The van der Waals surface area contributed by atoms with Gasteiger partial charge in [0.2, 0.25) is 5.88 Å². The van der Waals surface area contributed by atoms with E-state index in [2.05, 4.69) is 15.0 Å². The Hall–Kier alpha value is -2.79. The molecule has 0 radical (unpaired) electrons. The summed E-state index contributed by atoms with van der Waals surface area (Å²) in [7, 11) is 1.49. The zero-order chi connectivity index (χ0) is 15.0. The van der Waals surface area contributed by atoms with E-state index in [0.29, 0.717) is 27.5 Å². The summed E-state index contributed by atoms with van der Waals surface area (Å²) >= 11 is 5.26. The minimum atomic E-state index is -0.584. The number of aromatic amines is 1. The number of hydrogen-bond acceptors (Lipinski definition) is 5. The summed E-state index contributed by atoms with van der Waals surface area (Å²) < 4.78 is 20.5. The topological polar surface area (TPSA) is 79.5 Å². The molecule has 8 heteroatoms. The molecule has 0 aliphatic carbocycles. The number of nitrogens with one attached hydrogen (secondary N) is 1. The number of halogens is 1. The lowest BCUT2D eigenvalue weighted by Gasteiger charge is -2.05. The fraction of sp³-hybridized carbons (Fsp3) is 0.0769. The van der Waals surface area contributed by atoms with Gasteiger partial charge >= 0.3 is 0 Å². The second-order valence-electron chi connectivity index (χ2n) is 4.12. The van der Waals surface area contributed by atoms with Gasteiger partial charge in [-0.25, -0.2) is 9.37 Å². The monoisotopic (exact) mass is 301 g/mol. The molecule has 2 aromatic heterocycles. The molecule has 0 bridgehead atoms. The molecule has 1 aromatic carbocycles. The second-order valence-corrected chi connectivity index (χ2v) is 4.51. The highest BCUT2D eigenvalue weighted by Gasteiger charge is 2.14. The molecular weight excluding hydrogens is 293 g/mol. The fourth-order valence-corrected chi connectivity index (χ4v) is 2.32. The van der Waals surface area contributed by atoms with Crippen LogP contribution in [0.4, 0.5) is 4.39 Å². The Bertz CT molecular complexity index is 940. The summed E-state index contributed by atoms with van der Waals surface area (Å²) in [6.45, 7) is 0. The number of hydrogen-bond donors (Lipinski definition) is 1. The molecule has 0 saturated heterocycles. The van der Waals surface area contributed by atoms with Gasteiger partial charge in [-0.05, 0) is 30.4 Å². The zero-order valence-corrected chi connectivity index (χ0v) is 11.6. The van der Waals surface area contributed by atoms with E-state index in [-0.39, 0.29) is 5.56 Å². The number of imidazole rings is 1. The SMILES string of the molecule is COc1ncnc2c1[nH]c(=S)n2-c1ccc(F)c(C#N)c1. The summed E-state index contributed by atoms with van der Waals surface area (Å²) in [6, 6.07) is 5.94.